The third kappa shape index (κ3) is 2.51. The molecular formula is C14H22N2O2. The van der Waals surface area contributed by atoms with Gasteiger partial charge in [-0.3, -0.25) is 11.3 Å². The second-order valence-corrected chi connectivity index (χ2v) is 4.89. The summed E-state index contributed by atoms with van der Waals surface area (Å²) in [6.45, 7) is 4.97. The molecule has 100 valence electrons. The van der Waals surface area contributed by atoms with E-state index in [-0.39, 0.29) is 12.1 Å². The minimum atomic E-state index is -0.0111. The second kappa shape index (κ2) is 5.69. The molecule has 0 amide bonds. The van der Waals surface area contributed by atoms with E-state index in [2.05, 4.69) is 25.3 Å². The normalized spacial score (nSPS) is 21.0. The molecule has 1 saturated heterocycles. The van der Waals surface area contributed by atoms with Crippen LogP contribution in [0.5, 0.6) is 5.75 Å². The maximum absolute atomic E-state index is 5.75. The zero-order valence-electron chi connectivity index (χ0n) is 11.3. The summed E-state index contributed by atoms with van der Waals surface area (Å²) in [5.74, 6) is 6.61. The van der Waals surface area contributed by atoms with Crippen molar-refractivity contribution in [2.45, 2.75) is 38.8 Å². The smallest absolute Gasteiger partial charge is 0.124 e. The number of hydrogen-bond acceptors (Lipinski definition) is 4. The maximum Gasteiger partial charge on any atom is 0.124 e. The highest BCUT2D eigenvalue weighted by molar-refractivity contribution is 5.45. The average Bonchev–Trinajstić information content (AvgIpc) is 2.85. The van der Waals surface area contributed by atoms with Crippen molar-refractivity contribution in [2.24, 2.45) is 5.84 Å². The summed E-state index contributed by atoms with van der Waals surface area (Å²) in [6, 6.07) is 4.18. The molecule has 0 spiro atoms. The maximum atomic E-state index is 5.75. The number of ether oxygens (including phenoxy) is 2. The lowest BCUT2D eigenvalue weighted by atomic mass is 9.93. The van der Waals surface area contributed by atoms with Crippen LogP contribution in [0.1, 0.15) is 35.6 Å². The van der Waals surface area contributed by atoms with Crippen LogP contribution in [-0.2, 0) is 4.74 Å². The lowest BCUT2D eigenvalue weighted by molar-refractivity contribution is 0.0773. The Morgan fingerprint density at radius 1 is 1.44 bits per heavy atom. The summed E-state index contributed by atoms with van der Waals surface area (Å²) in [6.07, 6.45) is 2.26. The molecule has 2 unspecified atom stereocenters. The van der Waals surface area contributed by atoms with Gasteiger partial charge in [-0.2, -0.15) is 0 Å². The quantitative estimate of drug-likeness (QED) is 0.634. The van der Waals surface area contributed by atoms with Gasteiger partial charge >= 0.3 is 0 Å². The van der Waals surface area contributed by atoms with Crippen LogP contribution in [0, 0.1) is 13.8 Å². The summed E-state index contributed by atoms with van der Waals surface area (Å²) in [5.41, 5.74) is 6.38. The molecule has 1 aromatic rings. The molecule has 2 rings (SSSR count). The lowest BCUT2D eigenvalue weighted by Crippen LogP contribution is -2.37. The Bertz CT molecular complexity index is 415. The number of nitrogens with two attached hydrogens (primary N) is 1. The largest absolute Gasteiger partial charge is 0.496 e. The summed E-state index contributed by atoms with van der Waals surface area (Å²) in [4.78, 5) is 0. The van der Waals surface area contributed by atoms with Gasteiger partial charge in [-0.1, -0.05) is 6.07 Å². The van der Waals surface area contributed by atoms with Crippen molar-refractivity contribution in [1.82, 2.24) is 5.43 Å². The van der Waals surface area contributed by atoms with Crippen molar-refractivity contribution >= 4 is 0 Å². The number of benzene rings is 1. The van der Waals surface area contributed by atoms with Gasteiger partial charge in [-0.25, -0.2) is 0 Å². The topological polar surface area (TPSA) is 56.5 Å². The van der Waals surface area contributed by atoms with Gasteiger partial charge in [0, 0.05) is 12.2 Å². The second-order valence-electron chi connectivity index (χ2n) is 4.89. The molecule has 3 N–H and O–H groups in total. The molecule has 1 aliphatic rings. The van der Waals surface area contributed by atoms with E-state index in [4.69, 9.17) is 15.3 Å². The standard InChI is InChI=1S/C14H22N2O2/c1-9-7-10(2)13(12(8-9)17-3)14(16-15)11-5-4-6-18-11/h7-8,11,14,16H,4-6,15H2,1-3H3. The number of aryl methyl sites for hydroxylation is 2. The SMILES string of the molecule is COc1cc(C)cc(C)c1C(NN)C1CCCO1. The van der Waals surface area contributed by atoms with Crippen molar-refractivity contribution in [3.63, 3.8) is 0 Å². The van der Waals surface area contributed by atoms with Gasteiger partial charge in [0.1, 0.15) is 5.75 Å². The number of methoxy groups -OCH3 is 1. The summed E-state index contributed by atoms with van der Waals surface area (Å²) in [7, 11) is 1.70. The van der Waals surface area contributed by atoms with E-state index in [1.165, 1.54) is 11.1 Å². The highest BCUT2D eigenvalue weighted by Gasteiger charge is 2.29. The van der Waals surface area contributed by atoms with Gasteiger partial charge in [0.2, 0.25) is 0 Å². The third-order valence-electron chi connectivity index (χ3n) is 3.54. The first-order valence-corrected chi connectivity index (χ1v) is 6.40. The first kappa shape index (κ1) is 13.3. The van der Waals surface area contributed by atoms with E-state index in [9.17, 15) is 0 Å². The Kier molecular flexibility index (Phi) is 4.22. The molecule has 1 aliphatic heterocycles. The van der Waals surface area contributed by atoms with Crippen LogP contribution in [0.25, 0.3) is 0 Å². The molecule has 0 radical (unpaired) electrons. The zero-order valence-corrected chi connectivity index (χ0v) is 11.3. The van der Waals surface area contributed by atoms with Crippen molar-refractivity contribution < 1.29 is 9.47 Å². The number of hydrogen-bond donors (Lipinski definition) is 2. The van der Waals surface area contributed by atoms with E-state index in [0.29, 0.717) is 0 Å². The first-order chi connectivity index (χ1) is 8.67. The molecule has 4 heteroatoms. The summed E-state index contributed by atoms with van der Waals surface area (Å²) < 4.78 is 11.2. The molecule has 2 atom stereocenters. The van der Waals surface area contributed by atoms with E-state index in [1.54, 1.807) is 7.11 Å². The fourth-order valence-electron chi connectivity index (χ4n) is 2.75. The van der Waals surface area contributed by atoms with Gasteiger partial charge in [0.05, 0.1) is 19.3 Å². The van der Waals surface area contributed by atoms with Crippen molar-refractivity contribution in [2.75, 3.05) is 13.7 Å². The molecule has 18 heavy (non-hydrogen) atoms. The minimum Gasteiger partial charge on any atom is -0.496 e. The lowest BCUT2D eigenvalue weighted by Gasteiger charge is -2.26. The molecule has 0 saturated carbocycles. The van der Waals surface area contributed by atoms with Crippen LogP contribution >= 0.6 is 0 Å². The fourth-order valence-corrected chi connectivity index (χ4v) is 2.75. The van der Waals surface area contributed by atoms with Crippen LogP contribution in [0.4, 0.5) is 0 Å². The number of nitrogens with one attached hydrogen (secondary N) is 1. The Balaban J connectivity index is 2.40. The van der Waals surface area contributed by atoms with Gasteiger partial charge in [0.25, 0.3) is 0 Å². The third-order valence-corrected chi connectivity index (χ3v) is 3.54. The minimum absolute atomic E-state index is 0.0111. The molecule has 4 nitrogen and oxygen atoms in total. The van der Waals surface area contributed by atoms with Gasteiger partial charge < -0.3 is 9.47 Å². The Labute approximate surface area is 108 Å². The van der Waals surface area contributed by atoms with Crippen LogP contribution in [0.15, 0.2) is 12.1 Å². The van der Waals surface area contributed by atoms with Crippen molar-refractivity contribution in [3.05, 3.63) is 28.8 Å². The van der Waals surface area contributed by atoms with Crippen LogP contribution in [0.2, 0.25) is 0 Å². The molecular weight excluding hydrogens is 228 g/mol. The van der Waals surface area contributed by atoms with Crippen molar-refractivity contribution in [1.29, 1.82) is 0 Å². The molecule has 1 fully saturated rings. The first-order valence-electron chi connectivity index (χ1n) is 6.40. The van der Waals surface area contributed by atoms with E-state index < -0.39 is 0 Å². The molecule has 0 aliphatic carbocycles. The Morgan fingerprint density at radius 3 is 2.78 bits per heavy atom. The highest BCUT2D eigenvalue weighted by atomic mass is 16.5. The average molecular weight is 250 g/mol. The van der Waals surface area contributed by atoms with Crippen molar-refractivity contribution in [3.8, 4) is 5.75 Å². The van der Waals surface area contributed by atoms with Gasteiger partial charge in [0.15, 0.2) is 0 Å². The van der Waals surface area contributed by atoms with E-state index in [0.717, 1.165) is 30.8 Å². The van der Waals surface area contributed by atoms with Crippen LogP contribution in [-0.4, -0.2) is 19.8 Å². The van der Waals surface area contributed by atoms with E-state index >= 15 is 0 Å². The molecule has 0 aromatic heterocycles. The predicted molar refractivity (Wildman–Crippen MR) is 71.5 cm³/mol. The van der Waals surface area contributed by atoms with Gasteiger partial charge in [-0.05, 0) is 43.9 Å². The monoisotopic (exact) mass is 250 g/mol. The Hall–Kier alpha value is -1.10. The summed E-state index contributed by atoms with van der Waals surface area (Å²) in [5, 5.41) is 0. The fraction of sp³-hybridized carbons (Fsp3) is 0.571. The summed E-state index contributed by atoms with van der Waals surface area (Å²) >= 11 is 0. The zero-order chi connectivity index (χ0) is 13.1. The van der Waals surface area contributed by atoms with Gasteiger partial charge in [-0.15, -0.1) is 0 Å². The van der Waals surface area contributed by atoms with Crippen LogP contribution < -0.4 is 16.0 Å². The molecule has 1 heterocycles. The highest BCUT2D eigenvalue weighted by Crippen LogP contribution is 2.35. The Morgan fingerprint density at radius 2 is 2.22 bits per heavy atom. The van der Waals surface area contributed by atoms with Crippen LogP contribution in [0.3, 0.4) is 0 Å². The number of rotatable bonds is 4. The molecule has 0 bridgehead atoms. The van der Waals surface area contributed by atoms with E-state index in [1.807, 2.05) is 6.07 Å². The molecule has 1 aromatic carbocycles. The number of hydrazine groups is 1. The predicted octanol–water partition coefficient (Wildman–Crippen LogP) is 2.00.